The second-order valence-electron chi connectivity index (χ2n) is 6.02. The molecule has 1 unspecified atom stereocenters. The van der Waals surface area contributed by atoms with Crippen LogP contribution in [-0.2, 0) is 11.2 Å². The third kappa shape index (κ3) is 4.63. The Kier molecular flexibility index (Phi) is 6.27. The summed E-state index contributed by atoms with van der Waals surface area (Å²) in [6, 6.07) is 24.9. The van der Waals surface area contributed by atoms with Crippen LogP contribution in [-0.4, -0.2) is 5.78 Å². The van der Waals surface area contributed by atoms with Crippen molar-refractivity contribution in [3.05, 3.63) is 112 Å². The molecule has 0 heterocycles. The molecule has 0 aliphatic heterocycles. The van der Waals surface area contributed by atoms with Crippen molar-refractivity contribution in [3.8, 4) is 0 Å². The van der Waals surface area contributed by atoms with Crippen molar-refractivity contribution in [1.82, 2.24) is 0 Å². The highest BCUT2D eigenvalue weighted by molar-refractivity contribution is 6.32. The second kappa shape index (κ2) is 8.84. The molecule has 0 fully saturated rings. The van der Waals surface area contributed by atoms with E-state index in [1.165, 1.54) is 0 Å². The highest BCUT2D eigenvalue weighted by atomic mass is 35.5. The van der Waals surface area contributed by atoms with Crippen LogP contribution >= 0.6 is 23.2 Å². The Morgan fingerprint density at radius 2 is 1.42 bits per heavy atom. The molecule has 3 heteroatoms. The molecular weight excluding hydrogens is 363 g/mol. The minimum Gasteiger partial charge on any atom is -0.294 e. The summed E-state index contributed by atoms with van der Waals surface area (Å²) in [6.45, 7) is 0. The first-order chi connectivity index (χ1) is 12.6. The van der Waals surface area contributed by atoms with Gasteiger partial charge in [-0.1, -0.05) is 89.9 Å². The Bertz CT molecular complexity index is 916. The number of hydrogen-bond acceptors (Lipinski definition) is 1. The first-order valence-corrected chi connectivity index (χ1v) is 9.15. The van der Waals surface area contributed by atoms with Gasteiger partial charge >= 0.3 is 0 Å². The minimum absolute atomic E-state index is 0.0241. The van der Waals surface area contributed by atoms with Crippen molar-refractivity contribution in [2.45, 2.75) is 12.3 Å². The van der Waals surface area contributed by atoms with E-state index in [2.05, 4.69) is 0 Å². The van der Waals surface area contributed by atoms with Crippen molar-refractivity contribution < 1.29 is 4.79 Å². The molecule has 3 aromatic rings. The van der Waals surface area contributed by atoms with Crippen molar-refractivity contribution in [3.63, 3.8) is 0 Å². The van der Waals surface area contributed by atoms with Crippen molar-refractivity contribution in [2.24, 2.45) is 0 Å². The molecule has 0 amide bonds. The van der Waals surface area contributed by atoms with E-state index >= 15 is 0 Å². The number of allylic oxidation sites excluding steroid dienone is 1. The van der Waals surface area contributed by atoms with E-state index in [9.17, 15) is 4.79 Å². The van der Waals surface area contributed by atoms with Crippen LogP contribution in [0.1, 0.15) is 22.6 Å². The molecule has 130 valence electrons. The van der Waals surface area contributed by atoms with Gasteiger partial charge in [0.15, 0.2) is 5.78 Å². The summed E-state index contributed by atoms with van der Waals surface area (Å²) in [5, 5.41) is 1.30. The summed E-state index contributed by atoms with van der Waals surface area (Å²) >= 11 is 12.5. The van der Waals surface area contributed by atoms with Gasteiger partial charge in [0.05, 0.1) is 5.92 Å². The van der Waals surface area contributed by atoms with Crippen molar-refractivity contribution >= 4 is 35.1 Å². The lowest BCUT2D eigenvalue weighted by atomic mass is 9.88. The monoisotopic (exact) mass is 380 g/mol. The Balaban J connectivity index is 1.89. The van der Waals surface area contributed by atoms with Crippen LogP contribution in [0.5, 0.6) is 0 Å². The number of hydrogen-bond donors (Lipinski definition) is 0. The fraction of sp³-hybridized carbons (Fsp3) is 0.0870. The molecule has 0 aliphatic carbocycles. The van der Waals surface area contributed by atoms with Crippen LogP contribution < -0.4 is 0 Å². The summed E-state index contributed by atoms with van der Waals surface area (Å²) < 4.78 is 0. The Hall–Kier alpha value is -2.35. The molecule has 26 heavy (non-hydrogen) atoms. The molecule has 3 rings (SSSR count). The molecule has 0 aliphatic rings. The zero-order chi connectivity index (χ0) is 18.4. The number of benzene rings is 3. The van der Waals surface area contributed by atoms with E-state index in [-0.39, 0.29) is 11.7 Å². The predicted octanol–water partition coefficient (Wildman–Crippen LogP) is 6.60. The first kappa shape index (κ1) is 18.4. The molecule has 0 aromatic heterocycles. The summed E-state index contributed by atoms with van der Waals surface area (Å²) in [4.78, 5) is 13.0. The lowest BCUT2D eigenvalue weighted by Gasteiger charge is -2.15. The lowest BCUT2D eigenvalue weighted by Crippen LogP contribution is -2.13. The van der Waals surface area contributed by atoms with Crippen LogP contribution in [0.15, 0.2) is 84.9 Å². The molecule has 0 radical (unpaired) electrons. The maximum atomic E-state index is 13.0. The minimum atomic E-state index is -0.296. The topological polar surface area (TPSA) is 17.1 Å². The highest BCUT2D eigenvalue weighted by Crippen LogP contribution is 2.27. The van der Waals surface area contributed by atoms with Gasteiger partial charge in [-0.05, 0) is 47.4 Å². The number of halogens is 2. The summed E-state index contributed by atoms with van der Waals surface area (Å²) in [5.74, 6) is -0.272. The standard InChI is InChI=1S/C23H18Cl2O/c24-21-12-6-4-10-18(21)14-15-23(26)20(17-8-2-1-3-9-17)16-19-11-5-7-13-22(19)25/h1-15,20H,16H2/b15-14+. The smallest absolute Gasteiger partial charge is 0.163 e. The Morgan fingerprint density at radius 1 is 0.808 bits per heavy atom. The third-order valence-electron chi connectivity index (χ3n) is 4.26. The molecule has 1 atom stereocenters. The van der Waals surface area contributed by atoms with E-state index in [4.69, 9.17) is 23.2 Å². The third-order valence-corrected chi connectivity index (χ3v) is 4.97. The van der Waals surface area contributed by atoms with E-state index in [0.717, 1.165) is 16.7 Å². The largest absolute Gasteiger partial charge is 0.294 e. The number of carbonyl (C=O) groups is 1. The maximum Gasteiger partial charge on any atom is 0.163 e. The average molecular weight is 381 g/mol. The molecule has 0 N–H and O–H groups in total. The van der Waals surface area contributed by atoms with Gasteiger partial charge in [-0.3, -0.25) is 4.79 Å². The van der Waals surface area contributed by atoms with Gasteiger partial charge in [-0.25, -0.2) is 0 Å². The van der Waals surface area contributed by atoms with Crippen LogP contribution in [0.2, 0.25) is 10.0 Å². The zero-order valence-electron chi connectivity index (χ0n) is 14.1. The lowest BCUT2D eigenvalue weighted by molar-refractivity contribution is -0.115. The number of carbonyl (C=O) groups excluding carboxylic acids is 1. The average Bonchev–Trinajstić information content (AvgIpc) is 2.67. The van der Waals surface area contributed by atoms with Gasteiger partial charge in [0.25, 0.3) is 0 Å². The van der Waals surface area contributed by atoms with Crippen molar-refractivity contribution in [1.29, 1.82) is 0 Å². The predicted molar refractivity (Wildman–Crippen MR) is 110 cm³/mol. The Labute approximate surface area is 163 Å². The van der Waals surface area contributed by atoms with Gasteiger partial charge < -0.3 is 0 Å². The molecule has 3 aromatic carbocycles. The number of ketones is 1. The normalized spacial score (nSPS) is 12.2. The SMILES string of the molecule is O=C(/C=C/c1ccccc1Cl)C(Cc1ccccc1Cl)c1ccccc1. The molecule has 0 saturated carbocycles. The first-order valence-electron chi connectivity index (χ1n) is 8.40. The van der Waals surface area contributed by atoms with Gasteiger partial charge in [0.1, 0.15) is 0 Å². The zero-order valence-corrected chi connectivity index (χ0v) is 15.6. The molecule has 0 bridgehead atoms. The van der Waals surface area contributed by atoms with Crippen LogP contribution in [0.4, 0.5) is 0 Å². The number of rotatable bonds is 6. The van der Waals surface area contributed by atoms with Crippen molar-refractivity contribution in [2.75, 3.05) is 0 Å². The molecule has 0 saturated heterocycles. The second-order valence-corrected chi connectivity index (χ2v) is 6.83. The molecular formula is C23H18Cl2O. The summed E-state index contributed by atoms with van der Waals surface area (Å²) in [5.41, 5.74) is 2.76. The fourth-order valence-electron chi connectivity index (χ4n) is 2.85. The van der Waals surface area contributed by atoms with Gasteiger partial charge in [0.2, 0.25) is 0 Å². The maximum absolute atomic E-state index is 13.0. The van der Waals surface area contributed by atoms with Crippen LogP contribution in [0.25, 0.3) is 6.08 Å². The van der Waals surface area contributed by atoms with Crippen LogP contribution in [0.3, 0.4) is 0 Å². The highest BCUT2D eigenvalue weighted by Gasteiger charge is 2.20. The van der Waals surface area contributed by atoms with E-state index < -0.39 is 0 Å². The summed E-state index contributed by atoms with van der Waals surface area (Å²) in [6.07, 6.45) is 3.93. The fourth-order valence-corrected chi connectivity index (χ4v) is 3.26. The van der Waals surface area contributed by atoms with Gasteiger partial charge in [0, 0.05) is 10.0 Å². The van der Waals surface area contributed by atoms with Gasteiger partial charge in [-0.2, -0.15) is 0 Å². The molecule has 0 spiro atoms. The Morgan fingerprint density at radius 3 is 2.12 bits per heavy atom. The summed E-state index contributed by atoms with van der Waals surface area (Å²) in [7, 11) is 0. The van der Waals surface area contributed by atoms with E-state index in [0.29, 0.717) is 16.5 Å². The molecule has 1 nitrogen and oxygen atoms in total. The van der Waals surface area contributed by atoms with Crippen LogP contribution in [0, 0.1) is 0 Å². The van der Waals surface area contributed by atoms with E-state index in [1.807, 2.05) is 78.9 Å². The quantitative estimate of drug-likeness (QED) is 0.440. The van der Waals surface area contributed by atoms with Gasteiger partial charge in [-0.15, -0.1) is 0 Å². The van der Waals surface area contributed by atoms with E-state index in [1.54, 1.807) is 12.2 Å².